The van der Waals surface area contributed by atoms with Crippen LogP contribution in [0.2, 0.25) is 0 Å². The predicted octanol–water partition coefficient (Wildman–Crippen LogP) is 0.587. The SMILES string of the molecule is Cc1cnc(C(C)NC(=O)NC2(C(=O)O)CCOC2)o1. The number of urea groups is 1. The molecule has 8 heteroatoms. The van der Waals surface area contributed by atoms with Crippen LogP contribution in [0.25, 0.3) is 0 Å². The Morgan fingerprint density at radius 1 is 1.55 bits per heavy atom. The average Bonchev–Trinajstić information content (AvgIpc) is 2.98. The minimum atomic E-state index is -1.36. The lowest BCUT2D eigenvalue weighted by Gasteiger charge is -2.24. The lowest BCUT2D eigenvalue weighted by molar-refractivity contribution is -0.144. The van der Waals surface area contributed by atoms with Crippen LogP contribution in [0.3, 0.4) is 0 Å². The number of ether oxygens (including phenoxy) is 1. The maximum absolute atomic E-state index is 11.9. The molecule has 3 N–H and O–H groups in total. The van der Waals surface area contributed by atoms with Crippen LogP contribution in [-0.4, -0.2) is 40.8 Å². The molecule has 0 saturated carbocycles. The summed E-state index contributed by atoms with van der Waals surface area (Å²) in [6.45, 7) is 3.71. The third kappa shape index (κ3) is 2.90. The lowest BCUT2D eigenvalue weighted by Crippen LogP contribution is -2.58. The van der Waals surface area contributed by atoms with Crippen LogP contribution < -0.4 is 10.6 Å². The maximum Gasteiger partial charge on any atom is 0.332 e. The molecule has 0 aliphatic carbocycles. The quantitative estimate of drug-likeness (QED) is 0.745. The van der Waals surface area contributed by atoms with Crippen molar-refractivity contribution >= 4 is 12.0 Å². The number of aryl methyl sites for hydroxylation is 1. The first kappa shape index (κ1) is 14.3. The van der Waals surface area contributed by atoms with E-state index in [0.29, 0.717) is 18.3 Å². The zero-order valence-corrected chi connectivity index (χ0v) is 11.3. The summed E-state index contributed by atoms with van der Waals surface area (Å²) in [4.78, 5) is 27.2. The summed E-state index contributed by atoms with van der Waals surface area (Å²) in [6, 6.07) is -1.06. The molecule has 1 aliphatic rings. The summed E-state index contributed by atoms with van der Waals surface area (Å²) in [7, 11) is 0. The van der Waals surface area contributed by atoms with E-state index in [1.54, 1.807) is 20.0 Å². The summed E-state index contributed by atoms with van der Waals surface area (Å²) >= 11 is 0. The zero-order chi connectivity index (χ0) is 14.8. The van der Waals surface area contributed by atoms with Crippen LogP contribution in [0.4, 0.5) is 4.79 Å². The van der Waals surface area contributed by atoms with E-state index in [9.17, 15) is 14.7 Å². The van der Waals surface area contributed by atoms with E-state index in [-0.39, 0.29) is 13.0 Å². The molecule has 0 radical (unpaired) electrons. The number of amides is 2. The smallest absolute Gasteiger partial charge is 0.332 e. The maximum atomic E-state index is 11.9. The number of carbonyl (C=O) groups is 2. The molecular weight excluding hydrogens is 266 g/mol. The van der Waals surface area contributed by atoms with Gasteiger partial charge in [-0.2, -0.15) is 0 Å². The largest absolute Gasteiger partial charge is 0.479 e. The molecule has 0 spiro atoms. The van der Waals surface area contributed by atoms with Gasteiger partial charge < -0.3 is 24.9 Å². The Hall–Kier alpha value is -2.09. The fourth-order valence-corrected chi connectivity index (χ4v) is 1.97. The number of carboxylic acid groups (broad SMARTS) is 1. The molecule has 20 heavy (non-hydrogen) atoms. The number of rotatable bonds is 4. The van der Waals surface area contributed by atoms with Gasteiger partial charge in [0.15, 0.2) is 5.54 Å². The van der Waals surface area contributed by atoms with Crippen molar-refractivity contribution in [2.24, 2.45) is 0 Å². The summed E-state index contributed by atoms with van der Waals surface area (Å²) in [5.41, 5.74) is -1.36. The van der Waals surface area contributed by atoms with E-state index < -0.39 is 23.6 Å². The van der Waals surface area contributed by atoms with Crippen molar-refractivity contribution < 1.29 is 23.8 Å². The van der Waals surface area contributed by atoms with Gasteiger partial charge in [0.1, 0.15) is 11.8 Å². The van der Waals surface area contributed by atoms with E-state index in [4.69, 9.17) is 9.15 Å². The highest BCUT2D eigenvalue weighted by atomic mass is 16.5. The van der Waals surface area contributed by atoms with Crippen LogP contribution in [0.1, 0.15) is 31.0 Å². The summed E-state index contributed by atoms with van der Waals surface area (Å²) in [5, 5.41) is 14.3. The molecule has 1 aromatic heterocycles. The molecule has 2 atom stereocenters. The normalized spacial score (nSPS) is 23.3. The Labute approximate surface area is 115 Å². The van der Waals surface area contributed by atoms with Crippen molar-refractivity contribution in [2.75, 3.05) is 13.2 Å². The van der Waals surface area contributed by atoms with Crippen molar-refractivity contribution in [3.8, 4) is 0 Å². The minimum Gasteiger partial charge on any atom is -0.479 e. The van der Waals surface area contributed by atoms with Crippen LogP contribution in [0.5, 0.6) is 0 Å². The fourth-order valence-electron chi connectivity index (χ4n) is 1.97. The number of carboxylic acids is 1. The van der Waals surface area contributed by atoms with Crippen molar-refractivity contribution in [3.05, 3.63) is 17.8 Å². The van der Waals surface area contributed by atoms with E-state index in [0.717, 1.165) is 0 Å². The van der Waals surface area contributed by atoms with Gasteiger partial charge in [-0.05, 0) is 13.8 Å². The van der Waals surface area contributed by atoms with Gasteiger partial charge in [-0.1, -0.05) is 0 Å². The molecule has 2 amide bonds. The highest BCUT2D eigenvalue weighted by molar-refractivity contribution is 5.86. The first-order valence-electron chi connectivity index (χ1n) is 6.25. The molecule has 1 aliphatic heterocycles. The second kappa shape index (κ2) is 5.49. The van der Waals surface area contributed by atoms with Gasteiger partial charge in [0.05, 0.1) is 12.8 Å². The van der Waals surface area contributed by atoms with Gasteiger partial charge in [-0.3, -0.25) is 0 Å². The first-order chi connectivity index (χ1) is 9.43. The zero-order valence-electron chi connectivity index (χ0n) is 11.3. The number of oxazole rings is 1. The van der Waals surface area contributed by atoms with E-state index >= 15 is 0 Å². The number of nitrogens with zero attached hydrogens (tertiary/aromatic N) is 1. The lowest BCUT2D eigenvalue weighted by atomic mass is 9.99. The van der Waals surface area contributed by atoms with Gasteiger partial charge in [0.2, 0.25) is 5.89 Å². The molecule has 2 heterocycles. The van der Waals surface area contributed by atoms with Crippen molar-refractivity contribution in [3.63, 3.8) is 0 Å². The summed E-state index contributed by atoms with van der Waals surface area (Å²) in [5.74, 6) is -0.102. The molecule has 110 valence electrons. The van der Waals surface area contributed by atoms with Crippen molar-refractivity contribution in [1.29, 1.82) is 0 Å². The highest BCUT2D eigenvalue weighted by Gasteiger charge is 2.44. The van der Waals surface area contributed by atoms with Crippen LogP contribution in [-0.2, 0) is 9.53 Å². The molecular formula is C12H17N3O5. The number of hydrogen-bond donors (Lipinski definition) is 3. The summed E-state index contributed by atoms with van der Waals surface area (Å²) in [6.07, 6.45) is 1.79. The van der Waals surface area contributed by atoms with Gasteiger partial charge in [0.25, 0.3) is 0 Å². The first-order valence-corrected chi connectivity index (χ1v) is 6.25. The Bertz CT molecular complexity index is 507. The second-order valence-corrected chi connectivity index (χ2v) is 4.82. The Balaban J connectivity index is 1.96. The van der Waals surface area contributed by atoms with Gasteiger partial charge in [-0.15, -0.1) is 0 Å². The molecule has 1 aromatic rings. The molecule has 1 fully saturated rings. The standard InChI is InChI=1S/C12H17N3O5/c1-7-5-13-9(20-7)8(2)14-11(18)15-12(10(16)17)3-4-19-6-12/h5,8H,3-4,6H2,1-2H3,(H,16,17)(H2,14,15,18). The second-order valence-electron chi connectivity index (χ2n) is 4.82. The van der Waals surface area contributed by atoms with Crippen molar-refractivity contribution in [2.45, 2.75) is 31.8 Å². The monoisotopic (exact) mass is 283 g/mol. The number of nitrogens with one attached hydrogen (secondary N) is 2. The molecule has 1 saturated heterocycles. The molecule has 0 bridgehead atoms. The molecule has 8 nitrogen and oxygen atoms in total. The van der Waals surface area contributed by atoms with E-state index in [1.807, 2.05) is 0 Å². The van der Waals surface area contributed by atoms with E-state index in [1.165, 1.54) is 0 Å². The number of hydrogen-bond acceptors (Lipinski definition) is 5. The van der Waals surface area contributed by atoms with Gasteiger partial charge >= 0.3 is 12.0 Å². The van der Waals surface area contributed by atoms with Crippen LogP contribution in [0, 0.1) is 6.92 Å². The third-order valence-corrected chi connectivity index (χ3v) is 3.14. The molecule has 0 aromatic carbocycles. The van der Waals surface area contributed by atoms with Crippen LogP contribution >= 0.6 is 0 Å². The molecule has 2 rings (SSSR count). The Morgan fingerprint density at radius 2 is 2.30 bits per heavy atom. The predicted molar refractivity (Wildman–Crippen MR) is 67.1 cm³/mol. The number of aromatic nitrogens is 1. The summed E-state index contributed by atoms with van der Waals surface area (Å²) < 4.78 is 10.4. The number of aliphatic carboxylic acids is 1. The Morgan fingerprint density at radius 3 is 2.80 bits per heavy atom. The highest BCUT2D eigenvalue weighted by Crippen LogP contribution is 2.19. The van der Waals surface area contributed by atoms with E-state index in [2.05, 4.69) is 15.6 Å². The van der Waals surface area contributed by atoms with Gasteiger partial charge in [-0.25, -0.2) is 14.6 Å². The van der Waals surface area contributed by atoms with Gasteiger partial charge in [0, 0.05) is 13.0 Å². The average molecular weight is 283 g/mol. The third-order valence-electron chi connectivity index (χ3n) is 3.14. The van der Waals surface area contributed by atoms with Crippen molar-refractivity contribution in [1.82, 2.24) is 15.6 Å². The topological polar surface area (TPSA) is 114 Å². The molecule has 2 unspecified atom stereocenters. The van der Waals surface area contributed by atoms with Crippen LogP contribution in [0.15, 0.2) is 10.6 Å². The fraction of sp³-hybridized carbons (Fsp3) is 0.583. The Kier molecular flexibility index (Phi) is 3.93. The number of carbonyl (C=O) groups excluding carboxylic acids is 1. The minimum absolute atomic E-state index is 0.0394.